The van der Waals surface area contributed by atoms with Gasteiger partial charge in [-0.25, -0.2) is 0 Å². The lowest BCUT2D eigenvalue weighted by Crippen LogP contribution is -2.56. The zero-order chi connectivity index (χ0) is 17.3. The number of carbonyl (C=O) groups excluding carboxylic acids is 1. The van der Waals surface area contributed by atoms with Crippen LogP contribution in [0.5, 0.6) is 0 Å². The number of rotatable bonds is 0. The number of ketones is 1. The number of hydrogen-bond acceptors (Lipinski definition) is 3. The number of terminal acetylenes is 1. The Balaban J connectivity index is 1.74. The molecule has 0 heterocycles. The fraction of sp³-hybridized carbons (Fsp3) is 0.762. The number of fused-ring (bicyclic) bond motifs is 5. The third-order valence-electron chi connectivity index (χ3n) is 8.20. The van der Waals surface area contributed by atoms with Crippen molar-refractivity contribution in [1.29, 1.82) is 0 Å². The van der Waals surface area contributed by atoms with Gasteiger partial charge in [0.05, 0.1) is 6.10 Å². The van der Waals surface area contributed by atoms with E-state index < -0.39 is 11.7 Å². The number of hydrogen-bond donors (Lipinski definition) is 2. The SMILES string of the molecule is C#C[C@]1(O)CC[C@H]2[C@@H]3[C@H](C)[C@H](O)C4=CC(=O)CC[C@@H]4[C@H]3CC[C@@]21C. The summed E-state index contributed by atoms with van der Waals surface area (Å²) in [6.45, 7) is 4.28. The van der Waals surface area contributed by atoms with Crippen LogP contribution < -0.4 is 0 Å². The second-order valence-electron chi connectivity index (χ2n) is 8.91. The summed E-state index contributed by atoms with van der Waals surface area (Å²) in [5, 5.41) is 21.9. The van der Waals surface area contributed by atoms with Crippen molar-refractivity contribution in [2.24, 2.45) is 35.0 Å². The monoisotopic (exact) mass is 328 g/mol. The van der Waals surface area contributed by atoms with Crippen molar-refractivity contribution in [1.82, 2.24) is 0 Å². The maximum atomic E-state index is 11.8. The fourth-order valence-corrected chi connectivity index (χ4v) is 6.81. The van der Waals surface area contributed by atoms with Crippen LogP contribution in [0.3, 0.4) is 0 Å². The Labute approximate surface area is 144 Å². The Bertz CT molecular complexity index is 644. The van der Waals surface area contributed by atoms with Crippen LogP contribution >= 0.6 is 0 Å². The van der Waals surface area contributed by atoms with Gasteiger partial charge in [-0.15, -0.1) is 6.42 Å². The van der Waals surface area contributed by atoms with Gasteiger partial charge in [-0.1, -0.05) is 19.8 Å². The van der Waals surface area contributed by atoms with Gasteiger partial charge in [0.1, 0.15) is 5.60 Å². The predicted octanol–water partition coefficient (Wildman–Crippen LogP) is 2.71. The summed E-state index contributed by atoms with van der Waals surface area (Å²) in [6, 6.07) is 0. The van der Waals surface area contributed by atoms with E-state index in [2.05, 4.69) is 19.8 Å². The van der Waals surface area contributed by atoms with E-state index in [0.717, 1.165) is 31.3 Å². The average molecular weight is 328 g/mol. The van der Waals surface area contributed by atoms with Crippen molar-refractivity contribution < 1.29 is 15.0 Å². The van der Waals surface area contributed by atoms with E-state index in [1.54, 1.807) is 6.08 Å². The van der Waals surface area contributed by atoms with Crippen molar-refractivity contribution in [2.45, 2.75) is 64.1 Å². The quantitative estimate of drug-likeness (QED) is 0.672. The topological polar surface area (TPSA) is 57.5 Å². The lowest BCUT2D eigenvalue weighted by Gasteiger charge is -2.57. The molecule has 3 heteroatoms. The minimum absolute atomic E-state index is 0.119. The maximum Gasteiger partial charge on any atom is 0.155 e. The summed E-state index contributed by atoms with van der Waals surface area (Å²) < 4.78 is 0. The summed E-state index contributed by atoms with van der Waals surface area (Å²) in [6.07, 6.45) is 12.0. The van der Waals surface area contributed by atoms with Crippen LogP contribution in [0, 0.1) is 47.3 Å². The van der Waals surface area contributed by atoms with E-state index >= 15 is 0 Å². The van der Waals surface area contributed by atoms with E-state index in [4.69, 9.17) is 6.42 Å². The van der Waals surface area contributed by atoms with Gasteiger partial charge in [0.15, 0.2) is 5.78 Å². The van der Waals surface area contributed by atoms with Crippen LogP contribution in [0.15, 0.2) is 11.6 Å². The predicted molar refractivity (Wildman–Crippen MR) is 91.8 cm³/mol. The molecule has 4 aliphatic carbocycles. The molecule has 0 radical (unpaired) electrons. The molecule has 3 fully saturated rings. The summed E-state index contributed by atoms with van der Waals surface area (Å²) in [5.74, 6) is 4.58. The maximum absolute atomic E-state index is 11.8. The van der Waals surface area contributed by atoms with Gasteiger partial charge in [0.25, 0.3) is 0 Å². The Hall–Kier alpha value is -1.11. The number of aliphatic hydroxyl groups excluding tert-OH is 1. The molecule has 3 saturated carbocycles. The van der Waals surface area contributed by atoms with Gasteiger partial charge in [0.2, 0.25) is 0 Å². The molecule has 0 aromatic rings. The van der Waals surface area contributed by atoms with Crippen molar-refractivity contribution in [3.63, 3.8) is 0 Å². The molecular weight excluding hydrogens is 300 g/mol. The van der Waals surface area contributed by atoms with Gasteiger partial charge in [-0.3, -0.25) is 4.79 Å². The van der Waals surface area contributed by atoms with Gasteiger partial charge in [-0.2, -0.15) is 0 Å². The first kappa shape index (κ1) is 16.4. The summed E-state index contributed by atoms with van der Waals surface area (Å²) in [4.78, 5) is 11.8. The van der Waals surface area contributed by atoms with Gasteiger partial charge >= 0.3 is 0 Å². The molecule has 0 spiro atoms. The minimum Gasteiger partial charge on any atom is -0.388 e. The lowest BCUT2D eigenvalue weighted by molar-refractivity contribution is -0.123. The lowest BCUT2D eigenvalue weighted by atomic mass is 9.48. The molecular formula is C21H28O3. The number of aliphatic hydroxyl groups is 2. The van der Waals surface area contributed by atoms with Gasteiger partial charge in [-0.05, 0) is 73.3 Å². The smallest absolute Gasteiger partial charge is 0.155 e. The molecule has 0 amide bonds. The van der Waals surface area contributed by atoms with Crippen LogP contribution in [0.1, 0.15) is 52.4 Å². The largest absolute Gasteiger partial charge is 0.388 e. The molecule has 0 aliphatic heterocycles. The van der Waals surface area contributed by atoms with E-state index in [-0.39, 0.29) is 17.1 Å². The Kier molecular flexibility index (Phi) is 3.54. The Morgan fingerprint density at radius 3 is 2.75 bits per heavy atom. The van der Waals surface area contributed by atoms with E-state index in [1.165, 1.54) is 0 Å². The minimum atomic E-state index is -1.01. The highest BCUT2D eigenvalue weighted by molar-refractivity contribution is 5.91. The molecule has 0 saturated heterocycles. The zero-order valence-electron chi connectivity index (χ0n) is 14.7. The van der Waals surface area contributed by atoms with E-state index in [9.17, 15) is 15.0 Å². The van der Waals surface area contributed by atoms with Gasteiger partial charge in [0, 0.05) is 11.8 Å². The second kappa shape index (κ2) is 5.19. The number of carbonyl (C=O) groups is 1. The molecule has 8 atom stereocenters. The molecule has 2 N–H and O–H groups in total. The van der Waals surface area contributed by atoms with Gasteiger partial charge < -0.3 is 10.2 Å². The van der Waals surface area contributed by atoms with Crippen LogP contribution in [-0.4, -0.2) is 27.7 Å². The molecule has 4 rings (SSSR count). The normalized spacial score (nSPS) is 53.5. The van der Waals surface area contributed by atoms with Crippen molar-refractivity contribution >= 4 is 5.78 Å². The molecule has 0 aromatic heterocycles. The Morgan fingerprint density at radius 1 is 1.29 bits per heavy atom. The van der Waals surface area contributed by atoms with E-state index in [1.807, 2.05) is 0 Å². The summed E-state index contributed by atoms with van der Waals surface area (Å²) >= 11 is 0. The van der Waals surface area contributed by atoms with Crippen molar-refractivity contribution in [3.8, 4) is 12.3 Å². The molecule has 3 nitrogen and oxygen atoms in total. The molecule has 0 bridgehead atoms. The van der Waals surface area contributed by atoms with E-state index in [0.29, 0.717) is 36.5 Å². The van der Waals surface area contributed by atoms with Crippen LogP contribution in [0.4, 0.5) is 0 Å². The first-order chi connectivity index (χ1) is 11.3. The van der Waals surface area contributed by atoms with Crippen LogP contribution in [-0.2, 0) is 4.79 Å². The molecule has 0 aromatic carbocycles. The molecule has 130 valence electrons. The first-order valence-corrected chi connectivity index (χ1v) is 9.45. The van der Waals surface area contributed by atoms with Crippen LogP contribution in [0.2, 0.25) is 0 Å². The third kappa shape index (κ3) is 1.90. The Morgan fingerprint density at radius 2 is 2.04 bits per heavy atom. The van der Waals surface area contributed by atoms with Crippen LogP contribution in [0.25, 0.3) is 0 Å². The summed E-state index contributed by atoms with van der Waals surface area (Å²) in [5.41, 5.74) is -0.275. The standard InChI is InChI=1S/C21H28O3/c1-4-21(24)10-8-17-18-12(2)19(23)16-11-13(22)5-6-14(16)15(18)7-9-20(17,21)3/h1,11-12,14-15,17-19,23-24H,5-10H2,2-3H3/t12-,14+,15+,17-,18+,19-,20-,21-/m0/s1. The zero-order valence-corrected chi connectivity index (χ0v) is 14.7. The summed E-state index contributed by atoms with van der Waals surface area (Å²) in [7, 11) is 0. The second-order valence-corrected chi connectivity index (χ2v) is 8.91. The van der Waals surface area contributed by atoms with Crippen molar-refractivity contribution in [3.05, 3.63) is 11.6 Å². The highest BCUT2D eigenvalue weighted by Gasteiger charge is 2.64. The molecule has 4 aliphatic rings. The van der Waals surface area contributed by atoms with Crippen molar-refractivity contribution in [2.75, 3.05) is 0 Å². The molecule has 0 unspecified atom stereocenters. The highest BCUT2D eigenvalue weighted by atomic mass is 16.3. The fourth-order valence-electron chi connectivity index (χ4n) is 6.81. The highest BCUT2D eigenvalue weighted by Crippen LogP contribution is 2.65. The molecule has 24 heavy (non-hydrogen) atoms. The first-order valence-electron chi connectivity index (χ1n) is 9.45. The average Bonchev–Trinajstić information content (AvgIpc) is 2.84. The third-order valence-corrected chi connectivity index (χ3v) is 8.20.